The standard InChI is InChI=1S/C25H21N3O2/c1-18-23(14-20(15-26)25(29)27-16-21-10-7-13-30-21)22-11-5-6-12-24(22)28(18)17-19-8-3-2-4-9-19/h2-14H,16-17H2,1H3,(H,27,29)/b20-14+. The first-order valence-electron chi connectivity index (χ1n) is 9.71. The van der Waals surface area contributed by atoms with Crippen molar-refractivity contribution in [2.75, 3.05) is 0 Å². The van der Waals surface area contributed by atoms with Crippen molar-refractivity contribution in [1.82, 2.24) is 9.88 Å². The normalized spacial score (nSPS) is 11.4. The molecule has 5 nitrogen and oxygen atoms in total. The van der Waals surface area contributed by atoms with E-state index in [4.69, 9.17) is 4.42 Å². The van der Waals surface area contributed by atoms with Crippen LogP contribution in [0.15, 0.2) is 83.0 Å². The third kappa shape index (κ3) is 3.89. The molecule has 30 heavy (non-hydrogen) atoms. The van der Waals surface area contributed by atoms with E-state index in [0.29, 0.717) is 12.3 Å². The molecule has 0 radical (unpaired) electrons. The van der Waals surface area contributed by atoms with Gasteiger partial charge in [0.15, 0.2) is 0 Å². The van der Waals surface area contributed by atoms with Gasteiger partial charge >= 0.3 is 0 Å². The van der Waals surface area contributed by atoms with Crippen LogP contribution in [0.3, 0.4) is 0 Å². The fourth-order valence-corrected chi connectivity index (χ4v) is 3.58. The summed E-state index contributed by atoms with van der Waals surface area (Å²) in [6, 6.07) is 23.8. The molecule has 0 aliphatic rings. The summed E-state index contributed by atoms with van der Waals surface area (Å²) in [5.74, 6) is 0.212. The molecule has 1 amide bonds. The molecule has 0 aliphatic carbocycles. The van der Waals surface area contributed by atoms with E-state index in [1.54, 1.807) is 24.5 Å². The van der Waals surface area contributed by atoms with Gasteiger partial charge in [0.05, 0.1) is 12.8 Å². The molecule has 0 saturated carbocycles. The lowest BCUT2D eigenvalue weighted by atomic mass is 10.1. The molecule has 0 unspecified atom stereocenters. The van der Waals surface area contributed by atoms with Gasteiger partial charge in [-0.15, -0.1) is 0 Å². The maximum atomic E-state index is 12.6. The van der Waals surface area contributed by atoms with Crippen molar-refractivity contribution in [2.45, 2.75) is 20.0 Å². The summed E-state index contributed by atoms with van der Waals surface area (Å²) in [5.41, 5.74) is 4.21. The second kappa shape index (κ2) is 8.54. The van der Waals surface area contributed by atoms with E-state index in [-0.39, 0.29) is 12.1 Å². The van der Waals surface area contributed by atoms with Crippen LogP contribution in [0.25, 0.3) is 17.0 Å². The van der Waals surface area contributed by atoms with E-state index in [1.165, 1.54) is 5.56 Å². The Labute approximate surface area is 174 Å². The number of benzene rings is 2. The third-order valence-corrected chi connectivity index (χ3v) is 5.12. The second-order valence-electron chi connectivity index (χ2n) is 7.02. The number of hydrogen-bond donors (Lipinski definition) is 1. The summed E-state index contributed by atoms with van der Waals surface area (Å²) < 4.78 is 7.45. The van der Waals surface area contributed by atoms with Crippen LogP contribution in [0.4, 0.5) is 0 Å². The second-order valence-corrected chi connectivity index (χ2v) is 7.02. The van der Waals surface area contributed by atoms with Crippen molar-refractivity contribution in [3.8, 4) is 6.07 Å². The van der Waals surface area contributed by atoms with E-state index in [1.807, 2.05) is 49.4 Å². The van der Waals surface area contributed by atoms with Crippen LogP contribution >= 0.6 is 0 Å². The van der Waals surface area contributed by atoms with Crippen LogP contribution in [0, 0.1) is 18.3 Å². The van der Waals surface area contributed by atoms with Gasteiger partial charge in [0.2, 0.25) is 0 Å². The minimum absolute atomic E-state index is 0.0623. The third-order valence-electron chi connectivity index (χ3n) is 5.12. The van der Waals surface area contributed by atoms with E-state index >= 15 is 0 Å². The molecule has 0 atom stereocenters. The minimum Gasteiger partial charge on any atom is -0.467 e. The molecule has 2 aromatic carbocycles. The average molecular weight is 395 g/mol. The molecule has 0 saturated heterocycles. The molecule has 5 heteroatoms. The molecule has 148 valence electrons. The molecule has 0 bridgehead atoms. The molecular formula is C25H21N3O2. The maximum Gasteiger partial charge on any atom is 0.262 e. The van der Waals surface area contributed by atoms with Gasteiger partial charge in [-0.1, -0.05) is 48.5 Å². The molecule has 2 heterocycles. The Morgan fingerprint density at radius 3 is 2.60 bits per heavy atom. The molecule has 0 fully saturated rings. The van der Waals surface area contributed by atoms with Crippen LogP contribution < -0.4 is 5.32 Å². The van der Waals surface area contributed by atoms with Gasteiger partial charge in [-0.2, -0.15) is 5.26 Å². The Morgan fingerprint density at radius 1 is 1.10 bits per heavy atom. The first kappa shape index (κ1) is 19.3. The zero-order chi connectivity index (χ0) is 20.9. The summed E-state index contributed by atoms with van der Waals surface area (Å²) in [6.07, 6.45) is 3.23. The van der Waals surface area contributed by atoms with Gasteiger partial charge in [-0.25, -0.2) is 0 Å². The average Bonchev–Trinajstić information content (AvgIpc) is 3.39. The Bertz CT molecular complexity index is 1240. The number of nitrogens with one attached hydrogen (secondary N) is 1. The number of aromatic nitrogens is 1. The smallest absolute Gasteiger partial charge is 0.262 e. The van der Waals surface area contributed by atoms with Crippen molar-refractivity contribution in [2.24, 2.45) is 0 Å². The Morgan fingerprint density at radius 2 is 1.87 bits per heavy atom. The number of nitriles is 1. The molecule has 0 spiro atoms. The van der Waals surface area contributed by atoms with Crippen LogP contribution in [0.2, 0.25) is 0 Å². The van der Waals surface area contributed by atoms with Crippen LogP contribution in [0.5, 0.6) is 0 Å². The fraction of sp³-hybridized carbons (Fsp3) is 0.120. The van der Waals surface area contributed by atoms with E-state index < -0.39 is 5.91 Å². The monoisotopic (exact) mass is 395 g/mol. The highest BCUT2D eigenvalue weighted by molar-refractivity contribution is 6.04. The topological polar surface area (TPSA) is 71.0 Å². The van der Waals surface area contributed by atoms with Crippen molar-refractivity contribution in [1.29, 1.82) is 5.26 Å². The number of rotatable bonds is 6. The van der Waals surface area contributed by atoms with Gasteiger partial charge < -0.3 is 14.3 Å². The van der Waals surface area contributed by atoms with E-state index in [9.17, 15) is 10.1 Å². The van der Waals surface area contributed by atoms with Crippen molar-refractivity contribution in [3.63, 3.8) is 0 Å². The number of amides is 1. The zero-order valence-electron chi connectivity index (χ0n) is 16.6. The summed E-state index contributed by atoms with van der Waals surface area (Å²) in [6.45, 7) is 2.97. The molecule has 2 aromatic heterocycles. The summed E-state index contributed by atoms with van der Waals surface area (Å²) in [7, 11) is 0. The summed E-state index contributed by atoms with van der Waals surface area (Å²) in [4.78, 5) is 12.6. The van der Waals surface area contributed by atoms with Crippen molar-refractivity contribution in [3.05, 3.63) is 101 Å². The lowest BCUT2D eigenvalue weighted by Crippen LogP contribution is -2.23. The van der Waals surface area contributed by atoms with E-state index in [0.717, 1.165) is 22.2 Å². The maximum absolute atomic E-state index is 12.6. The number of fused-ring (bicyclic) bond motifs is 1. The number of para-hydroxylation sites is 1. The van der Waals surface area contributed by atoms with Gasteiger partial charge in [0.25, 0.3) is 5.91 Å². The minimum atomic E-state index is -0.423. The quantitative estimate of drug-likeness (QED) is 0.376. The van der Waals surface area contributed by atoms with Crippen molar-refractivity contribution < 1.29 is 9.21 Å². The van der Waals surface area contributed by atoms with Crippen LogP contribution in [0.1, 0.15) is 22.6 Å². The lowest BCUT2D eigenvalue weighted by molar-refractivity contribution is -0.117. The molecule has 1 N–H and O–H groups in total. The molecule has 0 aliphatic heterocycles. The number of nitrogens with zero attached hydrogens (tertiary/aromatic N) is 2. The van der Waals surface area contributed by atoms with Gasteiger partial charge in [0, 0.05) is 28.7 Å². The number of carbonyl (C=O) groups excluding carboxylic acids is 1. The lowest BCUT2D eigenvalue weighted by Gasteiger charge is -2.08. The Balaban J connectivity index is 1.69. The Kier molecular flexibility index (Phi) is 5.49. The first-order valence-corrected chi connectivity index (χ1v) is 9.71. The van der Waals surface area contributed by atoms with Crippen LogP contribution in [-0.4, -0.2) is 10.5 Å². The van der Waals surface area contributed by atoms with Gasteiger partial charge in [-0.3, -0.25) is 4.79 Å². The first-order chi connectivity index (χ1) is 14.7. The zero-order valence-corrected chi connectivity index (χ0v) is 16.6. The van der Waals surface area contributed by atoms with Gasteiger partial charge in [-0.05, 0) is 36.8 Å². The summed E-state index contributed by atoms with van der Waals surface area (Å²) >= 11 is 0. The highest BCUT2D eigenvalue weighted by atomic mass is 16.3. The van der Waals surface area contributed by atoms with Crippen LogP contribution in [-0.2, 0) is 17.9 Å². The highest BCUT2D eigenvalue weighted by Gasteiger charge is 2.16. The van der Waals surface area contributed by atoms with Crippen molar-refractivity contribution >= 4 is 22.9 Å². The van der Waals surface area contributed by atoms with Gasteiger partial charge in [0.1, 0.15) is 17.4 Å². The number of hydrogen-bond acceptors (Lipinski definition) is 3. The Hall–Kier alpha value is -4.04. The fourth-order valence-electron chi connectivity index (χ4n) is 3.58. The number of furan rings is 1. The highest BCUT2D eigenvalue weighted by Crippen LogP contribution is 2.28. The molecular weight excluding hydrogens is 374 g/mol. The SMILES string of the molecule is Cc1c(/C=C(\C#N)C(=O)NCc2ccco2)c2ccccc2n1Cc1ccccc1. The summed E-state index contributed by atoms with van der Waals surface area (Å²) in [5, 5.41) is 13.4. The largest absolute Gasteiger partial charge is 0.467 e. The molecule has 4 aromatic rings. The number of carbonyl (C=O) groups is 1. The predicted molar refractivity (Wildman–Crippen MR) is 116 cm³/mol. The predicted octanol–water partition coefficient (Wildman–Crippen LogP) is 4.81. The molecule has 4 rings (SSSR count). The van der Waals surface area contributed by atoms with E-state index in [2.05, 4.69) is 28.1 Å².